The first-order valence-electron chi connectivity index (χ1n) is 9.31. The summed E-state index contributed by atoms with van der Waals surface area (Å²) >= 11 is 9.79. The topological polar surface area (TPSA) is 54.7 Å². The molecule has 0 saturated carbocycles. The molecule has 5 nitrogen and oxygen atoms in total. The quantitative estimate of drug-likeness (QED) is 0.521. The van der Waals surface area contributed by atoms with Gasteiger partial charge in [0.15, 0.2) is 5.76 Å². The molecule has 1 aliphatic rings. The van der Waals surface area contributed by atoms with Crippen molar-refractivity contribution in [2.45, 2.75) is 6.92 Å². The summed E-state index contributed by atoms with van der Waals surface area (Å²) in [4.78, 5) is 14.9. The van der Waals surface area contributed by atoms with Gasteiger partial charge in [-0.05, 0) is 64.8 Å². The van der Waals surface area contributed by atoms with Gasteiger partial charge in [0.05, 0.1) is 18.9 Å². The Labute approximate surface area is 182 Å². The summed E-state index contributed by atoms with van der Waals surface area (Å²) in [5.74, 6) is 0.534. The van der Waals surface area contributed by atoms with E-state index in [0.717, 1.165) is 47.6 Å². The van der Waals surface area contributed by atoms with Gasteiger partial charge in [-0.25, -0.2) is 0 Å². The highest BCUT2D eigenvalue weighted by atomic mass is 79.9. The number of hydrogen-bond acceptors (Lipinski definition) is 4. The fraction of sp³-hybridized carbons (Fsp3) is 0.227. The van der Waals surface area contributed by atoms with E-state index < -0.39 is 0 Å². The second-order valence-electron chi connectivity index (χ2n) is 6.85. The fourth-order valence-electron chi connectivity index (χ4n) is 3.20. The Hall–Kier alpha value is -2.28. The van der Waals surface area contributed by atoms with Crippen molar-refractivity contribution in [2.24, 2.45) is 0 Å². The lowest BCUT2D eigenvalue weighted by Crippen LogP contribution is -2.36. The van der Waals surface area contributed by atoms with Gasteiger partial charge in [0.1, 0.15) is 5.76 Å². The fourth-order valence-corrected chi connectivity index (χ4v) is 4.01. The van der Waals surface area contributed by atoms with Crippen LogP contribution in [-0.2, 0) is 4.74 Å². The van der Waals surface area contributed by atoms with E-state index in [0.29, 0.717) is 16.5 Å². The number of benzene rings is 2. The van der Waals surface area contributed by atoms with E-state index >= 15 is 0 Å². The average Bonchev–Trinajstić information content (AvgIpc) is 3.21. The number of halogens is 2. The number of carbonyl (C=O) groups excluding carboxylic acids is 1. The predicted molar refractivity (Wildman–Crippen MR) is 119 cm³/mol. The van der Waals surface area contributed by atoms with Gasteiger partial charge in [-0.15, -0.1) is 0 Å². The van der Waals surface area contributed by atoms with Crippen LogP contribution >= 0.6 is 27.5 Å². The highest BCUT2D eigenvalue weighted by Crippen LogP contribution is 2.31. The van der Waals surface area contributed by atoms with Crippen LogP contribution in [0.3, 0.4) is 0 Å². The molecule has 2 aromatic carbocycles. The van der Waals surface area contributed by atoms with Crippen LogP contribution in [0, 0.1) is 6.92 Å². The molecule has 1 aromatic heterocycles. The van der Waals surface area contributed by atoms with E-state index in [4.69, 9.17) is 20.8 Å². The number of nitrogens with one attached hydrogen (secondary N) is 1. The summed E-state index contributed by atoms with van der Waals surface area (Å²) < 4.78 is 12.1. The molecule has 0 spiro atoms. The average molecular weight is 476 g/mol. The molecular weight excluding hydrogens is 456 g/mol. The maximum Gasteiger partial charge on any atom is 0.291 e. The lowest BCUT2D eigenvalue weighted by Gasteiger charge is -2.29. The minimum atomic E-state index is -0.305. The second kappa shape index (κ2) is 8.61. The monoisotopic (exact) mass is 474 g/mol. The Morgan fingerprint density at radius 1 is 1.10 bits per heavy atom. The number of rotatable bonds is 4. The largest absolute Gasteiger partial charge is 0.451 e. The Morgan fingerprint density at radius 3 is 2.62 bits per heavy atom. The van der Waals surface area contributed by atoms with E-state index in [1.807, 2.05) is 43.3 Å². The normalized spacial score (nSPS) is 14.1. The molecule has 0 bridgehead atoms. The maximum absolute atomic E-state index is 12.6. The molecular formula is C22H20BrClN2O3. The summed E-state index contributed by atoms with van der Waals surface area (Å²) in [6.07, 6.45) is 0. The van der Waals surface area contributed by atoms with Gasteiger partial charge < -0.3 is 19.4 Å². The summed E-state index contributed by atoms with van der Waals surface area (Å²) in [5, 5.41) is 3.54. The van der Waals surface area contributed by atoms with Crippen LogP contribution in [-0.4, -0.2) is 32.2 Å². The number of morpholine rings is 1. The van der Waals surface area contributed by atoms with Crippen molar-refractivity contribution in [1.29, 1.82) is 0 Å². The number of amides is 1. The number of anilines is 2. The van der Waals surface area contributed by atoms with Crippen molar-refractivity contribution in [3.05, 3.63) is 69.3 Å². The van der Waals surface area contributed by atoms with Crippen molar-refractivity contribution < 1.29 is 13.9 Å². The number of carbonyl (C=O) groups is 1. The summed E-state index contributed by atoms with van der Waals surface area (Å²) in [7, 11) is 0. The third-order valence-electron chi connectivity index (χ3n) is 4.84. The van der Waals surface area contributed by atoms with Crippen LogP contribution in [0.15, 0.2) is 57.4 Å². The first-order chi connectivity index (χ1) is 14.0. The minimum absolute atomic E-state index is 0.241. The zero-order valence-corrected chi connectivity index (χ0v) is 18.2. The van der Waals surface area contributed by atoms with E-state index in [-0.39, 0.29) is 11.7 Å². The van der Waals surface area contributed by atoms with Gasteiger partial charge in [0, 0.05) is 33.8 Å². The van der Waals surface area contributed by atoms with E-state index in [9.17, 15) is 4.79 Å². The minimum Gasteiger partial charge on any atom is -0.451 e. The van der Waals surface area contributed by atoms with Gasteiger partial charge in [0.2, 0.25) is 0 Å². The van der Waals surface area contributed by atoms with Crippen molar-refractivity contribution in [1.82, 2.24) is 0 Å². The molecule has 1 amide bonds. The third kappa shape index (κ3) is 4.50. The summed E-state index contributed by atoms with van der Waals surface area (Å²) in [6, 6.07) is 14.9. The van der Waals surface area contributed by atoms with Crippen LogP contribution in [0.2, 0.25) is 5.02 Å². The molecule has 0 aliphatic carbocycles. The van der Waals surface area contributed by atoms with Crippen LogP contribution in [0.25, 0.3) is 11.3 Å². The van der Waals surface area contributed by atoms with Gasteiger partial charge in [-0.1, -0.05) is 23.7 Å². The van der Waals surface area contributed by atoms with Gasteiger partial charge in [-0.3, -0.25) is 4.79 Å². The van der Waals surface area contributed by atoms with E-state index in [2.05, 4.69) is 26.1 Å². The number of hydrogen-bond donors (Lipinski definition) is 1. The molecule has 0 unspecified atom stereocenters. The molecule has 1 saturated heterocycles. The van der Waals surface area contributed by atoms with Crippen molar-refractivity contribution in [3.8, 4) is 11.3 Å². The number of aryl methyl sites for hydroxylation is 1. The SMILES string of the molecule is Cc1ccc(-c2ccc(C(=O)Nc3ccc(N4CCOCC4)c(Br)c3)o2)cc1Cl. The summed E-state index contributed by atoms with van der Waals surface area (Å²) in [5.41, 5.74) is 3.60. The number of furan rings is 1. The van der Waals surface area contributed by atoms with Crippen LogP contribution in [0.4, 0.5) is 11.4 Å². The molecule has 2 heterocycles. The first-order valence-corrected chi connectivity index (χ1v) is 10.5. The highest BCUT2D eigenvalue weighted by molar-refractivity contribution is 9.10. The zero-order chi connectivity index (χ0) is 20.4. The lowest BCUT2D eigenvalue weighted by atomic mass is 10.1. The van der Waals surface area contributed by atoms with Gasteiger partial charge in [0.25, 0.3) is 5.91 Å². The van der Waals surface area contributed by atoms with Crippen molar-refractivity contribution in [3.63, 3.8) is 0 Å². The molecule has 1 N–H and O–H groups in total. The highest BCUT2D eigenvalue weighted by Gasteiger charge is 2.16. The van der Waals surface area contributed by atoms with Gasteiger partial charge >= 0.3 is 0 Å². The van der Waals surface area contributed by atoms with Gasteiger partial charge in [-0.2, -0.15) is 0 Å². The molecule has 3 aromatic rings. The molecule has 29 heavy (non-hydrogen) atoms. The smallest absolute Gasteiger partial charge is 0.291 e. The zero-order valence-electron chi connectivity index (χ0n) is 15.9. The lowest BCUT2D eigenvalue weighted by molar-refractivity contribution is 0.0997. The first kappa shape index (κ1) is 20.0. The standard InChI is InChI=1S/C22H20BrClN2O3/c1-14-2-3-15(12-18(14)24)20-6-7-21(29-20)22(27)25-16-4-5-19(17(23)13-16)26-8-10-28-11-9-26/h2-7,12-13H,8-11H2,1H3,(H,25,27). The van der Waals surface area contributed by atoms with Crippen molar-refractivity contribution >= 4 is 44.8 Å². The van der Waals surface area contributed by atoms with Crippen molar-refractivity contribution in [2.75, 3.05) is 36.5 Å². The van der Waals surface area contributed by atoms with E-state index in [1.54, 1.807) is 12.1 Å². The Bertz CT molecular complexity index is 1040. The molecule has 1 aliphatic heterocycles. The molecule has 150 valence electrons. The molecule has 1 fully saturated rings. The molecule has 0 atom stereocenters. The number of nitrogens with zero attached hydrogens (tertiary/aromatic N) is 1. The molecule has 0 radical (unpaired) electrons. The van der Waals surface area contributed by atoms with Crippen LogP contribution < -0.4 is 10.2 Å². The maximum atomic E-state index is 12.6. The predicted octanol–water partition coefficient (Wildman–Crippen LogP) is 5.76. The third-order valence-corrected chi connectivity index (χ3v) is 5.89. The number of ether oxygens (including phenoxy) is 1. The Morgan fingerprint density at radius 2 is 1.90 bits per heavy atom. The Kier molecular flexibility index (Phi) is 5.94. The molecule has 4 rings (SSSR count). The summed E-state index contributed by atoms with van der Waals surface area (Å²) in [6.45, 7) is 5.08. The van der Waals surface area contributed by atoms with Crippen LogP contribution in [0.1, 0.15) is 16.1 Å². The molecule has 7 heteroatoms. The second-order valence-corrected chi connectivity index (χ2v) is 8.11. The Balaban J connectivity index is 1.47. The van der Waals surface area contributed by atoms with E-state index in [1.165, 1.54) is 0 Å². The van der Waals surface area contributed by atoms with Crippen LogP contribution in [0.5, 0.6) is 0 Å².